The maximum Gasteiger partial charge on any atom is 0.164 e. The zero-order valence-corrected chi connectivity index (χ0v) is 12.2. The van der Waals surface area contributed by atoms with Gasteiger partial charge < -0.3 is 19.9 Å². The van der Waals surface area contributed by atoms with Crippen molar-refractivity contribution in [3.63, 3.8) is 0 Å². The minimum atomic E-state index is -0.161. The summed E-state index contributed by atoms with van der Waals surface area (Å²) >= 11 is 0. The van der Waals surface area contributed by atoms with E-state index < -0.39 is 0 Å². The molecule has 106 valence electrons. The smallest absolute Gasteiger partial charge is 0.164 e. The van der Waals surface area contributed by atoms with Crippen LogP contribution in [0.2, 0.25) is 0 Å². The average molecular weight is 265 g/mol. The minimum Gasteiger partial charge on any atom is -0.493 e. The van der Waals surface area contributed by atoms with Gasteiger partial charge in [0.2, 0.25) is 0 Å². The Morgan fingerprint density at radius 1 is 1.21 bits per heavy atom. The van der Waals surface area contributed by atoms with Crippen LogP contribution < -0.4 is 19.9 Å². The monoisotopic (exact) mass is 265 g/mol. The van der Waals surface area contributed by atoms with Crippen LogP contribution in [0.5, 0.6) is 17.2 Å². The van der Waals surface area contributed by atoms with E-state index in [1.54, 1.807) is 14.2 Å². The van der Waals surface area contributed by atoms with Gasteiger partial charge in [0.25, 0.3) is 0 Å². The van der Waals surface area contributed by atoms with Crippen LogP contribution in [0.25, 0.3) is 0 Å². The van der Waals surface area contributed by atoms with Crippen LogP contribution in [-0.2, 0) is 0 Å². The molecule has 1 aliphatic heterocycles. The molecule has 0 saturated carbocycles. The highest BCUT2D eigenvalue weighted by Crippen LogP contribution is 2.46. The van der Waals surface area contributed by atoms with E-state index in [2.05, 4.69) is 13.8 Å². The van der Waals surface area contributed by atoms with Crippen molar-refractivity contribution in [1.29, 1.82) is 0 Å². The summed E-state index contributed by atoms with van der Waals surface area (Å²) in [6, 6.07) is 3.78. The van der Waals surface area contributed by atoms with Gasteiger partial charge in [-0.15, -0.1) is 0 Å². The Bertz CT molecular complexity index is 455. The van der Waals surface area contributed by atoms with E-state index in [1.807, 2.05) is 12.1 Å². The van der Waals surface area contributed by atoms with Crippen molar-refractivity contribution in [1.82, 2.24) is 0 Å². The summed E-state index contributed by atoms with van der Waals surface area (Å²) in [6.45, 7) is 4.28. The standard InChI is InChI=1S/C15H23NO3/c1-5-15(6-2)9-11(16)10-7-13(17-3)14(18-4)8-12(10)19-15/h7-8,11H,5-6,9,16H2,1-4H3. The summed E-state index contributed by atoms with van der Waals surface area (Å²) in [6.07, 6.45) is 2.73. The number of hydrogen-bond acceptors (Lipinski definition) is 4. The second kappa shape index (κ2) is 5.29. The van der Waals surface area contributed by atoms with Crippen LogP contribution in [0.4, 0.5) is 0 Å². The summed E-state index contributed by atoms with van der Waals surface area (Å²) in [5.74, 6) is 2.19. The van der Waals surface area contributed by atoms with Crippen LogP contribution in [0.1, 0.15) is 44.7 Å². The van der Waals surface area contributed by atoms with Gasteiger partial charge in [-0.25, -0.2) is 0 Å². The molecule has 0 aliphatic carbocycles. The number of ether oxygens (including phenoxy) is 3. The predicted molar refractivity (Wildman–Crippen MR) is 75.0 cm³/mol. The SMILES string of the molecule is CCC1(CC)CC(N)c2cc(OC)c(OC)cc2O1. The maximum atomic E-state index is 6.31. The molecule has 0 saturated heterocycles. The largest absolute Gasteiger partial charge is 0.493 e. The lowest BCUT2D eigenvalue weighted by Crippen LogP contribution is -2.41. The summed E-state index contributed by atoms with van der Waals surface area (Å²) in [5.41, 5.74) is 7.15. The van der Waals surface area contributed by atoms with Crippen molar-refractivity contribution in [2.24, 2.45) is 5.73 Å². The molecule has 1 unspecified atom stereocenters. The van der Waals surface area contributed by atoms with E-state index >= 15 is 0 Å². The third-order valence-electron chi connectivity index (χ3n) is 4.12. The number of methoxy groups -OCH3 is 2. The Morgan fingerprint density at radius 3 is 2.32 bits per heavy atom. The summed E-state index contributed by atoms with van der Waals surface area (Å²) in [4.78, 5) is 0. The lowest BCUT2D eigenvalue weighted by Gasteiger charge is -2.40. The summed E-state index contributed by atoms with van der Waals surface area (Å²) in [5, 5.41) is 0. The van der Waals surface area contributed by atoms with Crippen LogP contribution in [0.3, 0.4) is 0 Å². The normalized spacial score (nSPS) is 20.4. The molecule has 2 rings (SSSR count). The molecular weight excluding hydrogens is 242 g/mol. The highest BCUT2D eigenvalue weighted by molar-refractivity contribution is 5.53. The van der Waals surface area contributed by atoms with E-state index in [0.717, 1.165) is 30.6 Å². The van der Waals surface area contributed by atoms with Gasteiger partial charge in [-0.05, 0) is 18.9 Å². The van der Waals surface area contributed by atoms with Crippen LogP contribution in [0, 0.1) is 0 Å². The molecular formula is C15H23NO3. The van der Waals surface area contributed by atoms with Crippen molar-refractivity contribution in [3.05, 3.63) is 17.7 Å². The molecule has 1 aliphatic rings. The van der Waals surface area contributed by atoms with Gasteiger partial charge in [-0.2, -0.15) is 0 Å². The fourth-order valence-corrected chi connectivity index (χ4v) is 2.72. The second-order valence-corrected chi connectivity index (χ2v) is 5.05. The number of benzene rings is 1. The van der Waals surface area contributed by atoms with E-state index in [0.29, 0.717) is 11.5 Å². The molecule has 2 N–H and O–H groups in total. The Balaban J connectivity index is 2.47. The van der Waals surface area contributed by atoms with Crippen LogP contribution in [-0.4, -0.2) is 19.8 Å². The highest BCUT2D eigenvalue weighted by Gasteiger charge is 2.37. The van der Waals surface area contributed by atoms with E-state index in [4.69, 9.17) is 19.9 Å². The van der Waals surface area contributed by atoms with Crippen LogP contribution in [0.15, 0.2) is 12.1 Å². The zero-order valence-electron chi connectivity index (χ0n) is 12.2. The third-order valence-corrected chi connectivity index (χ3v) is 4.12. The fraction of sp³-hybridized carbons (Fsp3) is 0.600. The molecule has 4 heteroatoms. The lowest BCUT2D eigenvalue weighted by molar-refractivity contribution is 0.0278. The Morgan fingerprint density at radius 2 is 1.79 bits per heavy atom. The first kappa shape index (κ1) is 14.0. The molecule has 0 amide bonds. The van der Waals surface area contributed by atoms with Crippen molar-refractivity contribution < 1.29 is 14.2 Å². The van der Waals surface area contributed by atoms with Gasteiger partial charge >= 0.3 is 0 Å². The number of hydrogen-bond donors (Lipinski definition) is 1. The molecule has 0 radical (unpaired) electrons. The Hall–Kier alpha value is -1.42. The topological polar surface area (TPSA) is 53.7 Å². The Labute approximate surface area is 114 Å². The maximum absolute atomic E-state index is 6.31. The molecule has 0 fully saturated rings. The van der Waals surface area contributed by atoms with Crippen molar-refractivity contribution >= 4 is 0 Å². The first-order valence-electron chi connectivity index (χ1n) is 6.79. The molecule has 19 heavy (non-hydrogen) atoms. The van der Waals surface area contributed by atoms with Crippen LogP contribution >= 0.6 is 0 Å². The van der Waals surface area contributed by atoms with Crippen molar-refractivity contribution in [2.75, 3.05) is 14.2 Å². The third kappa shape index (κ3) is 2.37. The fourth-order valence-electron chi connectivity index (χ4n) is 2.72. The minimum absolute atomic E-state index is 0.0246. The predicted octanol–water partition coefficient (Wildman–Crippen LogP) is 3.04. The van der Waals surface area contributed by atoms with Crippen molar-refractivity contribution in [2.45, 2.75) is 44.8 Å². The molecule has 1 aromatic carbocycles. The highest BCUT2D eigenvalue weighted by atomic mass is 16.5. The first-order chi connectivity index (χ1) is 9.09. The van der Waals surface area contributed by atoms with Gasteiger partial charge in [0.15, 0.2) is 11.5 Å². The van der Waals surface area contributed by atoms with E-state index in [-0.39, 0.29) is 11.6 Å². The van der Waals surface area contributed by atoms with Gasteiger partial charge in [-0.1, -0.05) is 13.8 Å². The van der Waals surface area contributed by atoms with Gasteiger partial charge in [0.05, 0.1) is 14.2 Å². The summed E-state index contributed by atoms with van der Waals surface area (Å²) in [7, 11) is 3.25. The molecule has 4 nitrogen and oxygen atoms in total. The van der Waals surface area contributed by atoms with E-state index in [1.165, 1.54) is 0 Å². The van der Waals surface area contributed by atoms with Gasteiger partial charge in [-0.3, -0.25) is 0 Å². The number of fused-ring (bicyclic) bond motifs is 1. The molecule has 0 spiro atoms. The van der Waals surface area contributed by atoms with Gasteiger partial charge in [0.1, 0.15) is 11.4 Å². The number of rotatable bonds is 4. The second-order valence-electron chi connectivity index (χ2n) is 5.05. The quantitative estimate of drug-likeness (QED) is 0.909. The molecule has 0 bridgehead atoms. The summed E-state index contributed by atoms with van der Waals surface area (Å²) < 4.78 is 16.9. The van der Waals surface area contributed by atoms with E-state index in [9.17, 15) is 0 Å². The molecule has 1 heterocycles. The number of nitrogens with two attached hydrogens (primary N) is 1. The zero-order chi connectivity index (χ0) is 14.0. The first-order valence-corrected chi connectivity index (χ1v) is 6.79. The average Bonchev–Trinajstić information content (AvgIpc) is 2.45. The van der Waals surface area contributed by atoms with Gasteiger partial charge in [0, 0.05) is 24.1 Å². The molecule has 1 aromatic rings. The molecule has 1 atom stereocenters. The van der Waals surface area contributed by atoms with Crippen molar-refractivity contribution in [3.8, 4) is 17.2 Å². The molecule has 0 aromatic heterocycles. The lowest BCUT2D eigenvalue weighted by atomic mass is 9.84. The Kier molecular flexibility index (Phi) is 3.90.